The zero-order chi connectivity index (χ0) is 19.5. The minimum atomic E-state index is -0.344. The summed E-state index contributed by atoms with van der Waals surface area (Å²) in [7, 11) is 3.23. The van der Waals surface area contributed by atoms with Crippen LogP contribution in [0.3, 0.4) is 0 Å². The normalized spacial score (nSPS) is 12.8. The lowest BCUT2D eigenvalue weighted by Crippen LogP contribution is -2.19. The van der Waals surface area contributed by atoms with Crippen LogP contribution in [0.2, 0.25) is 0 Å². The lowest BCUT2D eigenvalue weighted by molar-refractivity contribution is 0.414. The Morgan fingerprint density at radius 1 is 0.786 bits per heavy atom. The quantitative estimate of drug-likeness (QED) is 0.741. The van der Waals surface area contributed by atoms with Crippen LogP contribution in [-0.2, 0) is 0 Å². The minimum Gasteiger partial charge on any atom is -0.497 e. The van der Waals surface area contributed by atoms with E-state index in [1.165, 1.54) is 12.1 Å². The molecule has 0 unspecified atom stereocenters. The fraction of sp³-hybridized carbons (Fsp3) is 0.0909. The lowest BCUT2D eigenvalue weighted by atomic mass is 10.0. The van der Waals surface area contributed by atoms with Gasteiger partial charge in [-0.25, -0.2) is 9.38 Å². The van der Waals surface area contributed by atoms with Gasteiger partial charge in [0.2, 0.25) is 0 Å². The third-order valence-electron chi connectivity index (χ3n) is 4.45. The maximum Gasteiger partial charge on any atom is 0.154 e. The van der Waals surface area contributed by atoms with Gasteiger partial charge in [0.1, 0.15) is 23.0 Å². The molecule has 3 aromatic rings. The summed E-state index contributed by atoms with van der Waals surface area (Å²) in [5, 5.41) is 4.53. The summed E-state index contributed by atoms with van der Waals surface area (Å²) in [6.07, 6.45) is 0. The molecule has 1 heterocycles. The molecule has 0 saturated heterocycles. The first-order chi connectivity index (χ1) is 13.7. The third kappa shape index (κ3) is 3.44. The van der Waals surface area contributed by atoms with E-state index in [1.54, 1.807) is 20.3 Å². The SMILES string of the molecule is COc1ccc(C2=Nc3ccc(F)cc3C(c3ccc(OC)cc3)=NN2)cc1. The van der Waals surface area contributed by atoms with Gasteiger partial charge in [0.15, 0.2) is 5.84 Å². The molecule has 0 spiro atoms. The second-order valence-electron chi connectivity index (χ2n) is 6.15. The highest BCUT2D eigenvalue weighted by Gasteiger charge is 2.18. The van der Waals surface area contributed by atoms with Crippen molar-refractivity contribution >= 4 is 17.2 Å². The maximum absolute atomic E-state index is 14.0. The Labute approximate surface area is 162 Å². The molecule has 0 radical (unpaired) electrons. The van der Waals surface area contributed by atoms with Crippen molar-refractivity contribution in [3.05, 3.63) is 89.2 Å². The Morgan fingerprint density at radius 3 is 2.00 bits per heavy atom. The van der Waals surface area contributed by atoms with Crippen LogP contribution in [0.1, 0.15) is 16.7 Å². The average molecular weight is 375 g/mol. The summed E-state index contributed by atoms with van der Waals surface area (Å²) >= 11 is 0. The number of halogens is 1. The molecule has 1 N–H and O–H groups in total. The molecule has 0 bridgehead atoms. The van der Waals surface area contributed by atoms with Crippen LogP contribution in [0.5, 0.6) is 11.5 Å². The fourth-order valence-electron chi connectivity index (χ4n) is 2.96. The molecule has 0 aromatic heterocycles. The summed E-state index contributed by atoms with van der Waals surface area (Å²) in [4.78, 5) is 4.67. The number of methoxy groups -OCH3 is 2. The summed E-state index contributed by atoms with van der Waals surface area (Å²) in [5.74, 6) is 1.71. The third-order valence-corrected chi connectivity index (χ3v) is 4.45. The molecule has 28 heavy (non-hydrogen) atoms. The standard InChI is InChI=1S/C22H18FN3O2/c1-27-17-8-3-14(4-9-17)21-19-13-16(23)7-12-20(19)24-22(26-25-21)15-5-10-18(28-2)11-6-15/h3-13H,1-2H3,(H,24,26). The van der Waals surface area contributed by atoms with E-state index in [-0.39, 0.29) is 5.82 Å². The highest BCUT2D eigenvalue weighted by atomic mass is 19.1. The molecule has 3 aromatic carbocycles. The molecule has 140 valence electrons. The van der Waals surface area contributed by atoms with Gasteiger partial charge in [-0.05, 0) is 66.7 Å². The van der Waals surface area contributed by atoms with Gasteiger partial charge in [0.25, 0.3) is 0 Å². The molecule has 0 saturated carbocycles. The number of nitrogens with zero attached hydrogens (tertiary/aromatic N) is 2. The number of rotatable bonds is 4. The zero-order valence-corrected chi connectivity index (χ0v) is 15.4. The average Bonchev–Trinajstić information content (AvgIpc) is 2.93. The predicted molar refractivity (Wildman–Crippen MR) is 107 cm³/mol. The molecule has 1 aliphatic heterocycles. The van der Waals surface area contributed by atoms with Crippen LogP contribution in [-0.4, -0.2) is 25.8 Å². The first-order valence-corrected chi connectivity index (χ1v) is 8.69. The van der Waals surface area contributed by atoms with Crippen molar-refractivity contribution in [2.24, 2.45) is 10.1 Å². The smallest absolute Gasteiger partial charge is 0.154 e. The van der Waals surface area contributed by atoms with Crippen LogP contribution in [0.4, 0.5) is 10.1 Å². The van der Waals surface area contributed by atoms with Crippen LogP contribution in [0.25, 0.3) is 0 Å². The van der Waals surface area contributed by atoms with Crippen molar-refractivity contribution in [3.63, 3.8) is 0 Å². The molecule has 6 heteroatoms. The van der Waals surface area contributed by atoms with Gasteiger partial charge in [-0.2, -0.15) is 5.10 Å². The van der Waals surface area contributed by atoms with Gasteiger partial charge < -0.3 is 9.47 Å². The van der Waals surface area contributed by atoms with E-state index in [0.29, 0.717) is 22.8 Å². The van der Waals surface area contributed by atoms with E-state index >= 15 is 0 Å². The van der Waals surface area contributed by atoms with Crippen molar-refractivity contribution in [1.82, 2.24) is 5.43 Å². The van der Waals surface area contributed by atoms with Crippen LogP contribution in [0, 0.1) is 5.82 Å². The molecule has 5 nitrogen and oxygen atoms in total. The second kappa shape index (κ2) is 7.52. The number of hydrogen-bond donors (Lipinski definition) is 1. The summed E-state index contributed by atoms with van der Waals surface area (Å²) in [5.41, 5.74) is 6.54. The van der Waals surface area contributed by atoms with Crippen molar-refractivity contribution in [2.75, 3.05) is 14.2 Å². The van der Waals surface area contributed by atoms with E-state index < -0.39 is 0 Å². The van der Waals surface area contributed by atoms with Gasteiger partial charge >= 0.3 is 0 Å². The van der Waals surface area contributed by atoms with Gasteiger partial charge in [0.05, 0.1) is 19.9 Å². The molecule has 0 fully saturated rings. The predicted octanol–water partition coefficient (Wildman–Crippen LogP) is 4.28. The molecule has 4 rings (SSSR count). The van der Waals surface area contributed by atoms with Crippen molar-refractivity contribution in [1.29, 1.82) is 0 Å². The van der Waals surface area contributed by atoms with Crippen LogP contribution in [0.15, 0.2) is 76.8 Å². The van der Waals surface area contributed by atoms with Gasteiger partial charge in [-0.1, -0.05) is 0 Å². The monoisotopic (exact) mass is 375 g/mol. The Bertz CT molecular complexity index is 1060. The van der Waals surface area contributed by atoms with E-state index in [1.807, 2.05) is 48.5 Å². The number of benzene rings is 3. The maximum atomic E-state index is 14.0. The number of hydrogen-bond acceptors (Lipinski definition) is 5. The summed E-state index contributed by atoms with van der Waals surface area (Å²) < 4.78 is 24.4. The van der Waals surface area contributed by atoms with E-state index in [2.05, 4.69) is 15.5 Å². The molecule has 1 aliphatic rings. The van der Waals surface area contributed by atoms with Crippen LogP contribution >= 0.6 is 0 Å². The topological polar surface area (TPSA) is 55.2 Å². The molecule has 0 aliphatic carbocycles. The highest BCUT2D eigenvalue weighted by molar-refractivity contribution is 6.18. The van der Waals surface area contributed by atoms with E-state index in [9.17, 15) is 4.39 Å². The second-order valence-corrected chi connectivity index (χ2v) is 6.15. The number of hydrazone groups is 1. The summed E-state index contributed by atoms with van der Waals surface area (Å²) in [6, 6.07) is 19.4. The zero-order valence-electron chi connectivity index (χ0n) is 15.4. The van der Waals surface area contributed by atoms with Gasteiger partial charge in [-0.15, -0.1) is 0 Å². The first kappa shape index (κ1) is 17.7. The lowest BCUT2D eigenvalue weighted by Gasteiger charge is -2.08. The fourth-order valence-corrected chi connectivity index (χ4v) is 2.96. The van der Waals surface area contributed by atoms with Gasteiger partial charge in [0, 0.05) is 16.7 Å². The molecule has 0 amide bonds. The Hall–Kier alpha value is -3.67. The van der Waals surface area contributed by atoms with Crippen molar-refractivity contribution in [2.45, 2.75) is 0 Å². The largest absolute Gasteiger partial charge is 0.497 e. The molecule has 0 atom stereocenters. The Morgan fingerprint density at radius 2 is 1.39 bits per heavy atom. The van der Waals surface area contributed by atoms with E-state index in [0.717, 1.165) is 22.6 Å². The van der Waals surface area contributed by atoms with E-state index in [4.69, 9.17) is 9.47 Å². The van der Waals surface area contributed by atoms with Crippen LogP contribution < -0.4 is 14.9 Å². The number of ether oxygens (including phenoxy) is 2. The highest BCUT2D eigenvalue weighted by Crippen LogP contribution is 2.27. The summed E-state index contributed by atoms with van der Waals surface area (Å²) in [6.45, 7) is 0. The minimum absolute atomic E-state index is 0.344. The Balaban J connectivity index is 1.80. The number of fused-ring (bicyclic) bond motifs is 1. The number of nitrogens with one attached hydrogen (secondary N) is 1. The number of amidine groups is 1. The van der Waals surface area contributed by atoms with Gasteiger partial charge in [-0.3, -0.25) is 5.43 Å². The Kier molecular flexibility index (Phi) is 4.76. The molecular formula is C22H18FN3O2. The number of aliphatic imine (C=N–C) groups is 1. The van der Waals surface area contributed by atoms with Crippen molar-refractivity contribution < 1.29 is 13.9 Å². The molecular weight excluding hydrogens is 357 g/mol. The van der Waals surface area contributed by atoms with Crippen molar-refractivity contribution in [3.8, 4) is 11.5 Å². The first-order valence-electron chi connectivity index (χ1n) is 8.69.